The zero-order valence-electron chi connectivity index (χ0n) is 11.5. The minimum absolute atomic E-state index is 0.0348. The fourth-order valence-electron chi connectivity index (χ4n) is 1.85. The molecule has 1 N–H and O–H groups in total. The van der Waals surface area contributed by atoms with Crippen LogP contribution in [0.25, 0.3) is 0 Å². The SMILES string of the molecule is C[C@@H](NC(=O)CSc1ccccc1Cl)c1cccc(Cl)c1. The van der Waals surface area contributed by atoms with Gasteiger partial charge >= 0.3 is 0 Å². The molecule has 0 fully saturated rings. The highest BCUT2D eigenvalue weighted by Gasteiger charge is 2.11. The lowest BCUT2D eigenvalue weighted by Gasteiger charge is -2.14. The maximum Gasteiger partial charge on any atom is 0.230 e. The van der Waals surface area contributed by atoms with Gasteiger partial charge in [0.15, 0.2) is 0 Å². The summed E-state index contributed by atoms with van der Waals surface area (Å²) >= 11 is 13.4. The second-order valence-electron chi connectivity index (χ2n) is 4.56. The van der Waals surface area contributed by atoms with Crippen molar-refractivity contribution in [3.05, 3.63) is 64.1 Å². The average Bonchev–Trinajstić information content (AvgIpc) is 2.46. The number of carbonyl (C=O) groups excluding carboxylic acids is 1. The molecule has 5 heteroatoms. The van der Waals surface area contributed by atoms with E-state index >= 15 is 0 Å². The smallest absolute Gasteiger partial charge is 0.230 e. The van der Waals surface area contributed by atoms with Crippen molar-refractivity contribution in [1.29, 1.82) is 0 Å². The molecule has 2 nitrogen and oxygen atoms in total. The summed E-state index contributed by atoms with van der Waals surface area (Å²) in [5.74, 6) is 0.293. The molecule has 2 aromatic rings. The Morgan fingerprint density at radius 3 is 2.67 bits per heavy atom. The summed E-state index contributed by atoms with van der Waals surface area (Å²) in [6.45, 7) is 1.93. The van der Waals surface area contributed by atoms with Crippen molar-refractivity contribution in [2.75, 3.05) is 5.75 Å². The third-order valence-electron chi connectivity index (χ3n) is 2.92. The van der Waals surface area contributed by atoms with Crippen molar-refractivity contribution in [1.82, 2.24) is 5.32 Å². The largest absolute Gasteiger partial charge is 0.349 e. The summed E-state index contributed by atoms with van der Waals surface area (Å²) in [6, 6.07) is 14.9. The summed E-state index contributed by atoms with van der Waals surface area (Å²) < 4.78 is 0. The molecule has 0 saturated carbocycles. The lowest BCUT2D eigenvalue weighted by molar-refractivity contribution is -0.119. The molecule has 0 aromatic heterocycles. The van der Waals surface area contributed by atoms with Crippen LogP contribution in [0, 0.1) is 0 Å². The molecule has 0 radical (unpaired) electrons. The Morgan fingerprint density at radius 2 is 1.95 bits per heavy atom. The topological polar surface area (TPSA) is 29.1 Å². The van der Waals surface area contributed by atoms with E-state index < -0.39 is 0 Å². The Morgan fingerprint density at radius 1 is 1.19 bits per heavy atom. The van der Waals surface area contributed by atoms with Gasteiger partial charge in [-0.3, -0.25) is 4.79 Å². The third-order valence-corrected chi connectivity index (χ3v) is 4.67. The van der Waals surface area contributed by atoms with Crippen molar-refractivity contribution >= 4 is 40.9 Å². The van der Waals surface area contributed by atoms with Crippen LogP contribution in [0.3, 0.4) is 0 Å². The van der Waals surface area contributed by atoms with E-state index in [1.165, 1.54) is 11.8 Å². The Labute approximate surface area is 138 Å². The van der Waals surface area contributed by atoms with Crippen molar-refractivity contribution in [2.45, 2.75) is 17.9 Å². The van der Waals surface area contributed by atoms with E-state index in [9.17, 15) is 4.79 Å². The predicted octanol–water partition coefficient (Wildman–Crippen LogP) is 4.96. The molecule has 110 valence electrons. The first-order valence-corrected chi connectivity index (χ1v) is 8.22. The number of amides is 1. The summed E-state index contributed by atoms with van der Waals surface area (Å²) in [7, 11) is 0. The highest BCUT2D eigenvalue weighted by atomic mass is 35.5. The van der Waals surface area contributed by atoms with Gasteiger partial charge in [0.05, 0.1) is 16.8 Å². The van der Waals surface area contributed by atoms with Crippen molar-refractivity contribution in [2.24, 2.45) is 0 Å². The van der Waals surface area contributed by atoms with Gasteiger partial charge in [0.2, 0.25) is 5.91 Å². The molecule has 2 aromatic carbocycles. The standard InChI is InChI=1S/C16H15Cl2NOS/c1-11(12-5-4-6-13(17)9-12)19-16(20)10-21-15-8-3-2-7-14(15)18/h2-9,11H,10H2,1H3,(H,19,20)/t11-/m1/s1. The van der Waals surface area contributed by atoms with Crippen LogP contribution in [-0.4, -0.2) is 11.7 Å². The van der Waals surface area contributed by atoms with Crippen LogP contribution >= 0.6 is 35.0 Å². The molecule has 0 aliphatic heterocycles. The molecule has 0 saturated heterocycles. The molecule has 2 rings (SSSR count). The van der Waals surface area contributed by atoms with Gasteiger partial charge in [-0.15, -0.1) is 11.8 Å². The summed E-state index contributed by atoms with van der Waals surface area (Å²) in [4.78, 5) is 12.9. The summed E-state index contributed by atoms with van der Waals surface area (Å²) in [6.07, 6.45) is 0. The monoisotopic (exact) mass is 339 g/mol. The van der Waals surface area contributed by atoms with E-state index in [1.54, 1.807) is 0 Å². The Balaban J connectivity index is 1.89. The van der Waals surface area contributed by atoms with Crippen molar-refractivity contribution in [3.8, 4) is 0 Å². The molecule has 0 aliphatic carbocycles. The molecule has 0 unspecified atom stereocenters. The second-order valence-corrected chi connectivity index (χ2v) is 6.42. The number of nitrogens with one attached hydrogen (secondary N) is 1. The van der Waals surface area contributed by atoms with E-state index in [-0.39, 0.29) is 11.9 Å². The highest BCUT2D eigenvalue weighted by Crippen LogP contribution is 2.26. The fraction of sp³-hybridized carbons (Fsp3) is 0.188. The molecular weight excluding hydrogens is 325 g/mol. The lowest BCUT2D eigenvalue weighted by atomic mass is 10.1. The molecule has 1 amide bonds. The number of benzene rings is 2. The van der Waals surface area contributed by atoms with Crippen LogP contribution < -0.4 is 5.32 Å². The zero-order valence-corrected chi connectivity index (χ0v) is 13.8. The van der Waals surface area contributed by atoms with E-state index in [2.05, 4.69) is 5.32 Å². The highest BCUT2D eigenvalue weighted by molar-refractivity contribution is 8.00. The predicted molar refractivity (Wildman–Crippen MR) is 90.2 cm³/mol. The first-order chi connectivity index (χ1) is 10.1. The first kappa shape index (κ1) is 16.2. The molecule has 0 bridgehead atoms. The van der Waals surface area contributed by atoms with E-state index in [1.807, 2.05) is 55.5 Å². The summed E-state index contributed by atoms with van der Waals surface area (Å²) in [5.41, 5.74) is 0.985. The van der Waals surface area contributed by atoms with Crippen molar-refractivity contribution < 1.29 is 4.79 Å². The number of halogens is 2. The maximum atomic E-state index is 12.0. The van der Waals surface area contributed by atoms with Crippen LogP contribution in [0.5, 0.6) is 0 Å². The molecular formula is C16H15Cl2NOS. The zero-order chi connectivity index (χ0) is 15.2. The molecule has 0 heterocycles. The number of carbonyl (C=O) groups is 1. The Bertz CT molecular complexity index is 633. The van der Waals surface area contributed by atoms with Crippen LogP contribution in [0.1, 0.15) is 18.5 Å². The van der Waals surface area contributed by atoms with Gasteiger partial charge in [-0.1, -0.05) is 47.5 Å². The van der Waals surface area contributed by atoms with Gasteiger partial charge in [-0.05, 0) is 36.8 Å². The minimum Gasteiger partial charge on any atom is -0.349 e. The Kier molecular flexibility index (Phi) is 5.97. The van der Waals surface area contributed by atoms with Crippen LogP contribution in [0.2, 0.25) is 10.0 Å². The van der Waals surface area contributed by atoms with Gasteiger partial charge < -0.3 is 5.32 Å². The van der Waals surface area contributed by atoms with E-state index in [4.69, 9.17) is 23.2 Å². The van der Waals surface area contributed by atoms with Gasteiger partial charge in [0.25, 0.3) is 0 Å². The fourth-order valence-corrected chi connectivity index (χ4v) is 3.10. The molecule has 0 aliphatic rings. The second kappa shape index (κ2) is 7.74. The van der Waals surface area contributed by atoms with Crippen LogP contribution in [0.4, 0.5) is 0 Å². The third kappa shape index (κ3) is 4.95. The van der Waals surface area contributed by atoms with Gasteiger partial charge in [0, 0.05) is 9.92 Å². The first-order valence-electron chi connectivity index (χ1n) is 6.48. The van der Waals surface area contributed by atoms with Gasteiger partial charge in [-0.2, -0.15) is 0 Å². The normalized spacial score (nSPS) is 12.0. The van der Waals surface area contributed by atoms with Gasteiger partial charge in [-0.25, -0.2) is 0 Å². The number of hydrogen-bond donors (Lipinski definition) is 1. The quantitative estimate of drug-likeness (QED) is 0.779. The Hall–Kier alpha value is -1.16. The van der Waals surface area contributed by atoms with Gasteiger partial charge in [0.1, 0.15) is 0 Å². The number of rotatable bonds is 5. The summed E-state index contributed by atoms with van der Waals surface area (Å²) in [5, 5.41) is 4.28. The average molecular weight is 340 g/mol. The minimum atomic E-state index is -0.0805. The van der Waals surface area contributed by atoms with E-state index in [0.29, 0.717) is 15.8 Å². The van der Waals surface area contributed by atoms with Crippen molar-refractivity contribution in [3.63, 3.8) is 0 Å². The van der Waals surface area contributed by atoms with Crippen LogP contribution in [-0.2, 0) is 4.79 Å². The number of hydrogen-bond acceptors (Lipinski definition) is 2. The molecule has 1 atom stereocenters. The molecule has 0 spiro atoms. The number of thioether (sulfide) groups is 1. The van der Waals surface area contributed by atoms with E-state index in [0.717, 1.165) is 10.5 Å². The maximum absolute atomic E-state index is 12.0. The molecule has 21 heavy (non-hydrogen) atoms. The lowest BCUT2D eigenvalue weighted by Crippen LogP contribution is -2.28. The van der Waals surface area contributed by atoms with Crippen LogP contribution in [0.15, 0.2) is 53.4 Å².